The highest BCUT2D eigenvalue weighted by Gasteiger charge is 2.00. The number of anilines is 1. The zero-order valence-electron chi connectivity index (χ0n) is 11.3. The number of hydrogen-bond acceptors (Lipinski definition) is 1. The van der Waals surface area contributed by atoms with Crippen molar-refractivity contribution in [3.8, 4) is 0 Å². The van der Waals surface area contributed by atoms with Crippen LogP contribution < -0.4 is 5.32 Å². The monoisotopic (exact) mass is 221 g/mol. The summed E-state index contributed by atoms with van der Waals surface area (Å²) in [7, 11) is 0. The van der Waals surface area contributed by atoms with E-state index in [0.717, 1.165) is 12.5 Å². The van der Waals surface area contributed by atoms with Gasteiger partial charge in [0, 0.05) is 12.2 Å². The van der Waals surface area contributed by atoms with Crippen molar-refractivity contribution in [3.63, 3.8) is 0 Å². The third kappa shape index (κ3) is 7.33. The smallest absolute Gasteiger partial charge is 0.0340 e. The fourth-order valence-electron chi connectivity index (χ4n) is 1.50. The summed E-state index contributed by atoms with van der Waals surface area (Å²) < 4.78 is 0. The third-order valence-corrected chi connectivity index (χ3v) is 2.48. The maximum atomic E-state index is 3.45. The van der Waals surface area contributed by atoms with Gasteiger partial charge in [-0.2, -0.15) is 0 Å². The molecule has 0 aromatic heterocycles. The molecule has 1 unspecified atom stereocenters. The first-order valence-corrected chi connectivity index (χ1v) is 6.62. The second-order valence-electron chi connectivity index (χ2n) is 3.99. The summed E-state index contributed by atoms with van der Waals surface area (Å²) in [6, 6.07) is 10.4. The van der Waals surface area contributed by atoms with Crippen LogP contribution in [0.4, 0.5) is 5.69 Å². The van der Waals surface area contributed by atoms with Gasteiger partial charge in [0.1, 0.15) is 0 Å². The molecule has 1 N–H and O–H groups in total. The Morgan fingerprint density at radius 1 is 1.12 bits per heavy atom. The number of unbranched alkanes of at least 4 members (excludes halogenated alkanes) is 1. The lowest BCUT2D eigenvalue weighted by molar-refractivity contribution is 0.528. The summed E-state index contributed by atoms with van der Waals surface area (Å²) in [6.07, 6.45) is 3.98. The molecule has 0 bridgehead atoms. The Kier molecular flexibility index (Phi) is 9.89. The molecule has 1 aromatic rings. The van der Waals surface area contributed by atoms with Crippen LogP contribution in [0.15, 0.2) is 30.3 Å². The van der Waals surface area contributed by atoms with Gasteiger partial charge < -0.3 is 5.32 Å². The molecular weight excluding hydrogens is 194 g/mol. The Morgan fingerprint density at radius 2 is 1.75 bits per heavy atom. The molecule has 0 radical (unpaired) electrons. The largest absolute Gasteiger partial charge is 0.385 e. The van der Waals surface area contributed by atoms with Gasteiger partial charge in [0.05, 0.1) is 0 Å². The van der Waals surface area contributed by atoms with Crippen molar-refractivity contribution in [3.05, 3.63) is 30.3 Å². The summed E-state index contributed by atoms with van der Waals surface area (Å²) in [6.45, 7) is 9.65. The van der Waals surface area contributed by atoms with E-state index in [9.17, 15) is 0 Å². The molecule has 0 aliphatic heterocycles. The summed E-state index contributed by atoms with van der Waals surface area (Å²) in [5.74, 6) is 0.773. The van der Waals surface area contributed by atoms with Gasteiger partial charge in [-0.15, -0.1) is 0 Å². The maximum Gasteiger partial charge on any atom is 0.0340 e. The lowest BCUT2D eigenvalue weighted by atomic mass is 10.0. The van der Waals surface area contributed by atoms with Crippen LogP contribution in [0.3, 0.4) is 0 Å². The molecule has 1 atom stereocenters. The molecule has 0 saturated heterocycles. The average Bonchev–Trinajstić information content (AvgIpc) is 2.37. The van der Waals surface area contributed by atoms with Crippen molar-refractivity contribution in [2.75, 3.05) is 11.9 Å². The first-order valence-electron chi connectivity index (χ1n) is 6.62. The van der Waals surface area contributed by atoms with Crippen molar-refractivity contribution < 1.29 is 0 Å². The molecular formula is C15H27N. The van der Waals surface area contributed by atoms with Gasteiger partial charge in [0.15, 0.2) is 0 Å². The zero-order chi connectivity index (χ0) is 12.2. The van der Waals surface area contributed by atoms with Gasteiger partial charge in [0.25, 0.3) is 0 Å². The van der Waals surface area contributed by atoms with Crippen LogP contribution in [0.25, 0.3) is 0 Å². The van der Waals surface area contributed by atoms with Crippen LogP contribution in [0, 0.1) is 5.92 Å². The molecule has 0 aliphatic carbocycles. The lowest BCUT2D eigenvalue weighted by Crippen LogP contribution is -2.10. The minimum Gasteiger partial charge on any atom is -0.385 e. The summed E-state index contributed by atoms with van der Waals surface area (Å²) in [4.78, 5) is 0. The predicted molar refractivity (Wildman–Crippen MR) is 75.0 cm³/mol. The fourth-order valence-corrected chi connectivity index (χ4v) is 1.50. The molecule has 92 valence electrons. The van der Waals surface area contributed by atoms with Crippen LogP contribution >= 0.6 is 0 Å². The number of benzene rings is 1. The summed E-state index contributed by atoms with van der Waals surface area (Å²) in [5.41, 5.74) is 1.23. The molecule has 0 aliphatic rings. The van der Waals surface area contributed by atoms with Gasteiger partial charge in [-0.05, 0) is 24.5 Å². The van der Waals surface area contributed by atoms with E-state index in [1.54, 1.807) is 0 Å². The van der Waals surface area contributed by atoms with E-state index in [2.05, 4.69) is 43.4 Å². The van der Waals surface area contributed by atoms with Gasteiger partial charge in [-0.1, -0.05) is 58.7 Å². The molecule has 16 heavy (non-hydrogen) atoms. The first kappa shape index (κ1) is 15.0. The lowest BCUT2D eigenvalue weighted by Gasteiger charge is -2.12. The molecule has 0 heterocycles. The summed E-state index contributed by atoms with van der Waals surface area (Å²) >= 11 is 0. The zero-order valence-corrected chi connectivity index (χ0v) is 11.3. The number of rotatable bonds is 6. The number of hydrogen-bond donors (Lipinski definition) is 1. The molecule has 1 nitrogen and oxygen atoms in total. The molecule has 0 saturated carbocycles. The van der Waals surface area contributed by atoms with E-state index < -0.39 is 0 Å². The van der Waals surface area contributed by atoms with Gasteiger partial charge in [-0.25, -0.2) is 0 Å². The van der Waals surface area contributed by atoms with Crippen LogP contribution in [-0.2, 0) is 0 Å². The SMILES string of the molecule is CC.CCCCC(C)CNc1ccccc1. The molecule has 1 rings (SSSR count). The molecule has 0 spiro atoms. The Labute approximate surface area is 101 Å². The van der Waals surface area contributed by atoms with Crippen LogP contribution in [0.5, 0.6) is 0 Å². The van der Waals surface area contributed by atoms with Gasteiger partial charge in [0.2, 0.25) is 0 Å². The van der Waals surface area contributed by atoms with Crippen LogP contribution in [0.2, 0.25) is 0 Å². The predicted octanol–water partition coefficient (Wildman–Crippen LogP) is 4.95. The van der Waals surface area contributed by atoms with Crippen molar-refractivity contribution in [2.45, 2.75) is 47.0 Å². The standard InChI is InChI=1S/C13H21N.C2H6/c1-3-4-8-12(2)11-14-13-9-6-5-7-10-13;1-2/h5-7,9-10,12,14H,3-4,8,11H2,1-2H3;1-2H3. The molecule has 0 amide bonds. The molecule has 1 aromatic carbocycles. The van der Waals surface area contributed by atoms with E-state index in [1.165, 1.54) is 24.9 Å². The maximum absolute atomic E-state index is 3.45. The first-order chi connectivity index (χ1) is 7.83. The highest BCUT2D eigenvalue weighted by atomic mass is 14.9. The fraction of sp³-hybridized carbons (Fsp3) is 0.600. The van der Waals surface area contributed by atoms with Crippen molar-refractivity contribution >= 4 is 5.69 Å². The molecule has 1 heteroatoms. The summed E-state index contributed by atoms with van der Waals surface area (Å²) in [5, 5.41) is 3.45. The minimum absolute atomic E-state index is 0.773. The normalized spacial score (nSPS) is 11.2. The number of para-hydroxylation sites is 1. The molecule has 0 fully saturated rings. The Hall–Kier alpha value is -0.980. The van der Waals surface area contributed by atoms with Crippen molar-refractivity contribution in [2.24, 2.45) is 5.92 Å². The minimum atomic E-state index is 0.773. The third-order valence-electron chi connectivity index (χ3n) is 2.48. The quantitative estimate of drug-likeness (QED) is 0.716. The van der Waals surface area contributed by atoms with E-state index in [-0.39, 0.29) is 0 Å². The van der Waals surface area contributed by atoms with E-state index in [0.29, 0.717) is 0 Å². The highest BCUT2D eigenvalue weighted by molar-refractivity contribution is 5.42. The van der Waals surface area contributed by atoms with E-state index in [4.69, 9.17) is 0 Å². The Bertz CT molecular complexity index is 230. The van der Waals surface area contributed by atoms with Crippen molar-refractivity contribution in [1.82, 2.24) is 0 Å². The van der Waals surface area contributed by atoms with Crippen LogP contribution in [0.1, 0.15) is 47.0 Å². The van der Waals surface area contributed by atoms with Crippen LogP contribution in [-0.4, -0.2) is 6.54 Å². The number of nitrogens with one attached hydrogen (secondary N) is 1. The van der Waals surface area contributed by atoms with Crippen molar-refractivity contribution in [1.29, 1.82) is 0 Å². The average molecular weight is 221 g/mol. The van der Waals surface area contributed by atoms with E-state index >= 15 is 0 Å². The van der Waals surface area contributed by atoms with Gasteiger partial charge >= 0.3 is 0 Å². The second-order valence-corrected chi connectivity index (χ2v) is 3.99. The highest BCUT2D eigenvalue weighted by Crippen LogP contribution is 2.10. The second kappa shape index (κ2) is 10.5. The topological polar surface area (TPSA) is 12.0 Å². The Balaban J connectivity index is 0.00000106. The Morgan fingerprint density at radius 3 is 2.31 bits per heavy atom. The van der Waals surface area contributed by atoms with E-state index in [1.807, 2.05) is 19.9 Å². The van der Waals surface area contributed by atoms with Gasteiger partial charge in [-0.3, -0.25) is 0 Å².